The largest absolute Gasteiger partial charge is 0.344 e. The van der Waals surface area contributed by atoms with Crippen LogP contribution in [0.5, 0.6) is 0 Å². The highest BCUT2D eigenvalue weighted by Gasteiger charge is 2.08. The molecule has 1 aromatic rings. The lowest BCUT2D eigenvalue weighted by atomic mass is 10.3. The van der Waals surface area contributed by atoms with Crippen molar-refractivity contribution in [1.29, 1.82) is 0 Å². The van der Waals surface area contributed by atoms with Crippen LogP contribution in [0.4, 0.5) is 0 Å². The molecule has 0 unspecified atom stereocenters. The Kier molecular flexibility index (Phi) is 4.25. The summed E-state index contributed by atoms with van der Waals surface area (Å²) in [6, 6.07) is 3.92. The van der Waals surface area contributed by atoms with Gasteiger partial charge in [-0.1, -0.05) is 6.07 Å². The molecule has 0 aliphatic rings. The molecule has 0 saturated heterocycles. The fourth-order valence-corrected chi connectivity index (χ4v) is 1.90. The lowest BCUT2D eigenvalue weighted by molar-refractivity contribution is -0.128. The van der Waals surface area contributed by atoms with Gasteiger partial charge < -0.3 is 4.90 Å². The summed E-state index contributed by atoms with van der Waals surface area (Å²) in [5.41, 5.74) is 0. The molecule has 72 valence electrons. The molecule has 0 atom stereocenters. The van der Waals surface area contributed by atoms with E-state index in [1.165, 1.54) is 0 Å². The maximum absolute atomic E-state index is 11.5. The zero-order chi connectivity index (χ0) is 9.68. The van der Waals surface area contributed by atoms with Gasteiger partial charge in [0.05, 0.1) is 6.42 Å². The van der Waals surface area contributed by atoms with E-state index >= 15 is 0 Å². The Balaban J connectivity index is 2.41. The van der Waals surface area contributed by atoms with E-state index in [0.29, 0.717) is 18.8 Å². The number of amides is 1. The van der Waals surface area contributed by atoms with E-state index in [0.717, 1.165) is 4.88 Å². The Morgan fingerprint density at radius 1 is 1.69 bits per heavy atom. The average molecular weight is 218 g/mol. The van der Waals surface area contributed by atoms with E-state index in [2.05, 4.69) is 0 Å². The maximum atomic E-state index is 11.5. The van der Waals surface area contributed by atoms with Gasteiger partial charge in [-0.2, -0.15) is 0 Å². The summed E-state index contributed by atoms with van der Waals surface area (Å²) in [6.45, 7) is 0.617. The van der Waals surface area contributed by atoms with Crippen molar-refractivity contribution in [3.8, 4) is 0 Å². The van der Waals surface area contributed by atoms with Crippen molar-refractivity contribution < 1.29 is 4.79 Å². The average Bonchev–Trinajstić information content (AvgIpc) is 2.57. The van der Waals surface area contributed by atoms with Crippen LogP contribution in [-0.4, -0.2) is 30.3 Å². The zero-order valence-corrected chi connectivity index (χ0v) is 9.07. The number of alkyl halides is 1. The van der Waals surface area contributed by atoms with Crippen molar-refractivity contribution in [1.82, 2.24) is 4.90 Å². The summed E-state index contributed by atoms with van der Waals surface area (Å²) in [7, 11) is 1.78. The molecule has 1 aromatic heterocycles. The van der Waals surface area contributed by atoms with Crippen LogP contribution >= 0.6 is 22.9 Å². The van der Waals surface area contributed by atoms with Crippen molar-refractivity contribution in [3.05, 3.63) is 22.4 Å². The van der Waals surface area contributed by atoms with Gasteiger partial charge in [0.2, 0.25) is 5.91 Å². The van der Waals surface area contributed by atoms with Gasteiger partial charge in [0.1, 0.15) is 0 Å². The quantitative estimate of drug-likeness (QED) is 0.707. The molecule has 13 heavy (non-hydrogen) atoms. The Morgan fingerprint density at radius 2 is 2.46 bits per heavy atom. The second-order valence-corrected chi connectivity index (χ2v) is 4.17. The highest BCUT2D eigenvalue weighted by molar-refractivity contribution is 7.10. The summed E-state index contributed by atoms with van der Waals surface area (Å²) in [4.78, 5) is 14.2. The van der Waals surface area contributed by atoms with Gasteiger partial charge in [0.25, 0.3) is 0 Å². The van der Waals surface area contributed by atoms with Crippen LogP contribution in [0.25, 0.3) is 0 Å². The van der Waals surface area contributed by atoms with Crippen LogP contribution in [0.3, 0.4) is 0 Å². The number of carbonyl (C=O) groups excluding carboxylic acids is 1. The molecule has 0 bridgehead atoms. The van der Waals surface area contributed by atoms with Crippen molar-refractivity contribution in [2.24, 2.45) is 0 Å². The number of rotatable bonds is 4. The summed E-state index contributed by atoms with van der Waals surface area (Å²) in [5, 5.41) is 1.98. The second kappa shape index (κ2) is 5.25. The van der Waals surface area contributed by atoms with Crippen LogP contribution in [-0.2, 0) is 11.2 Å². The van der Waals surface area contributed by atoms with Gasteiger partial charge in [-0.25, -0.2) is 0 Å². The number of carbonyl (C=O) groups is 1. The van der Waals surface area contributed by atoms with Gasteiger partial charge in [0, 0.05) is 24.3 Å². The molecule has 0 radical (unpaired) electrons. The number of halogens is 1. The number of hydrogen-bond acceptors (Lipinski definition) is 2. The van der Waals surface area contributed by atoms with E-state index < -0.39 is 0 Å². The van der Waals surface area contributed by atoms with Crippen LogP contribution in [0, 0.1) is 0 Å². The van der Waals surface area contributed by atoms with Crippen LogP contribution in [0.15, 0.2) is 17.5 Å². The topological polar surface area (TPSA) is 20.3 Å². The van der Waals surface area contributed by atoms with Gasteiger partial charge in [-0.05, 0) is 11.4 Å². The molecule has 0 spiro atoms. The van der Waals surface area contributed by atoms with Gasteiger partial charge in [0.15, 0.2) is 0 Å². The minimum atomic E-state index is 0.128. The lowest BCUT2D eigenvalue weighted by Crippen LogP contribution is -2.29. The molecule has 0 saturated carbocycles. The van der Waals surface area contributed by atoms with Crippen molar-refractivity contribution in [2.75, 3.05) is 19.5 Å². The zero-order valence-electron chi connectivity index (χ0n) is 7.50. The molecule has 1 rings (SSSR count). The number of hydrogen-bond donors (Lipinski definition) is 0. The number of nitrogens with zero attached hydrogens (tertiary/aromatic N) is 1. The monoisotopic (exact) mass is 217 g/mol. The molecule has 4 heteroatoms. The molecule has 0 aliphatic carbocycles. The third-order valence-electron chi connectivity index (χ3n) is 1.75. The second-order valence-electron chi connectivity index (χ2n) is 2.76. The van der Waals surface area contributed by atoms with E-state index in [1.807, 2.05) is 17.5 Å². The molecule has 1 amide bonds. The normalized spacial score (nSPS) is 10.0. The van der Waals surface area contributed by atoms with Crippen LogP contribution in [0.1, 0.15) is 4.88 Å². The Labute approximate surface area is 87.1 Å². The third-order valence-corrected chi connectivity index (χ3v) is 2.80. The Bertz CT molecular complexity index is 261. The first-order valence-electron chi connectivity index (χ1n) is 4.06. The van der Waals surface area contributed by atoms with E-state index in [1.54, 1.807) is 23.3 Å². The highest BCUT2D eigenvalue weighted by atomic mass is 35.5. The first-order chi connectivity index (χ1) is 6.24. The SMILES string of the molecule is CN(CCCl)C(=O)Cc1cccs1. The molecular weight excluding hydrogens is 206 g/mol. The van der Waals surface area contributed by atoms with E-state index in [4.69, 9.17) is 11.6 Å². The maximum Gasteiger partial charge on any atom is 0.227 e. The fraction of sp³-hybridized carbons (Fsp3) is 0.444. The highest BCUT2D eigenvalue weighted by Crippen LogP contribution is 2.10. The molecule has 0 aromatic carbocycles. The van der Waals surface area contributed by atoms with Crippen LogP contribution < -0.4 is 0 Å². The van der Waals surface area contributed by atoms with E-state index in [-0.39, 0.29) is 5.91 Å². The molecule has 0 aliphatic heterocycles. The van der Waals surface area contributed by atoms with Crippen LogP contribution in [0.2, 0.25) is 0 Å². The summed E-state index contributed by atoms with van der Waals surface area (Å²) >= 11 is 7.14. The molecule has 0 N–H and O–H groups in total. The van der Waals surface area contributed by atoms with Crippen molar-refractivity contribution in [2.45, 2.75) is 6.42 Å². The first kappa shape index (κ1) is 10.5. The lowest BCUT2D eigenvalue weighted by Gasteiger charge is -2.14. The van der Waals surface area contributed by atoms with Gasteiger partial charge >= 0.3 is 0 Å². The standard InChI is InChI=1S/C9H12ClNOS/c1-11(5-4-10)9(12)7-8-3-2-6-13-8/h2-3,6H,4-5,7H2,1H3. The predicted molar refractivity (Wildman–Crippen MR) is 56.4 cm³/mol. The Morgan fingerprint density at radius 3 is 3.00 bits per heavy atom. The third kappa shape index (κ3) is 3.36. The van der Waals surface area contributed by atoms with E-state index in [9.17, 15) is 4.79 Å². The smallest absolute Gasteiger partial charge is 0.227 e. The number of likely N-dealkylation sites (N-methyl/N-ethyl adjacent to an activating group) is 1. The predicted octanol–water partition coefficient (Wildman–Crippen LogP) is 1.99. The first-order valence-corrected chi connectivity index (χ1v) is 5.47. The molecule has 0 fully saturated rings. The number of thiophene rings is 1. The molecule has 2 nitrogen and oxygen atoms in total. The summed E-state index contributed by atoms with van der Waals surface area (Å²) < 4.78 is 0. The van der Waals surface area contributed by atoms with Crippen molar-refractivity contribution >= 4 is 28.8 Å². The van der Waals surface area contributed by atoms with Gasteiger partial charge in [-0.3, -0.25) is 4.79 Å². The van der Waals surface area contributed by atoms with Gasteiger partial charge in [-0.15, -0.1) is 22.9 Å². The molecular formula is C9H12ClNOS. The molecule has 1 heterocycles. The summed E-state index contributed by atoms with van der Waals surface area (Å²) in [5.74, 6) is 0.621. The van der Waals surface area contributed by atoms with Crippen molar-refractivity contribution in [3.63, 3.8) is 0 Å². The minimum absolute atomic E-state index is 0.128. The minimum Gasteiger partial charge on any atom is -0.344 e. The Hall–Kier alpha value is -0.540. The summed E-state index contributed by atoms with van der Waals surface area (Å²) in [6.07, 6.45) is 0.491. The fourth-order valence-electron chi connectivity index (χ4n) is 0.949.